The smallest absolute Gasteiger partial charge is 0.339 e. The number of aryl methyl sites for hydroxylation is 1. The fraction of sp³-hybridized carbons (Fsp3) is 0.294. The van der Waals surface area contributed by atoms with E-state index in [1.165, 1.54) is 16.6 Å². The number of rotatable bonds is 4. The molecule has 1 aromatic heterocycles. The van der Waals surface area contributed by atoms with E-state index in [1.54, 1.807) is 30.3 Å². The highest BCUT2D eigenvalue weighted by Gasteiger charge is 2.30. The number of piperazine rings is 1. The van der Waals surface area contributed by atoms with Gasteiger partial charge in [0.15, 0.2) is 0 Å². The third kappa shape index (κ3) is 3.49. The van der Waals surface area contributed by atoms with E-state index >= 15 is 0 Å². The highest BCUT2D eigenvalue weighted by atomic mass is 32.2. The third-order valence-corrected chi connectivity index (χ3v) is 6.13. The molecule has 1 saturated heterocycles. The average molecular weight is 361 g/mol. The van der Waals surface area contributed by atoms with Crippen LogP contribution in [0.1, 0.15) is 15.9 Å². The van der Waals surface area contributed by atoms with Crippen LogP contribution in [-0.4, -0.2) is 55.0 Å². The minimum atomic E-state index is -3.54. The molecule has 2 aromatic rings. The van der Waals surface area contributed by atoms with Gasteiger partial charge in [-0.05, 0) is 31.2 Å². The van der Waals surface area contributed by atoms with Crippen molar-refractivity contribution in [2.75, 3.05) is 31.1 Å². The Labute approximate surface area is 146 Å². The van der Waals surface area contributed by atoms with E-state index in [2.05, 4.69) is 4.98 Å². The Bertz CT molecular complexity index is 873. The summed E-state index contributed by atoms with van der Waals surface area (Å²) in [5, 5.41) is 9.28. The highest BCUT2D eigenvalue weighted by Crippen LogP contribution is 2.22. The Morgan fingerprint density at radius 1 is 1.08 bits per heavy atom. The number of carbonyl (C=O) groups is 1. The van der Waals surface area contributed by atoms with Crippen molar-refractivity contribution in [1.29, 1.82) is 0 Å². The monoisotopic (exact) mass is 361 g/mol. The first-order valence-electron chi connectivity index (χ1n) is 7.89. The first kappa shape index (κ1) is 17.4. The second-order valence-corrected chi connectivity index (χ2v) is 7.82. The van der Waals surface area contributed by atoms with Crippen molar-refractivity contribution in [3.05, 3.63) is 53.7 Å². The molecule has 8 heteroatoms. The largest absolute Gasteiger partial charge is 0.478 e. The summed E-state index contributed by atoms with van der Waals surface area (Å²) in [6.07, 6.45) is 1.54. The van der Waals surface area contributed by atoms with Gasteiger partial charge in [0.05, 0.1) is 4.90 Å². The van der Waals surface area contributed by atoms with Gasteiger partial charge in [-0.2, -0.15) is 4.31 Å². The Kier molecular flexibility index (Phi) is 4.73. The molecule has 0 unspecified atom stereocenters. The minimum Gasteiger partial charge on any atom is -0.478 e. The molecule has 0 amide bonds. The first-order chi connectivity index (χ1) is 11.9. The number of aromatic carboxylic acids is 1. The standard InChI is InChI=1S/C17H19N3O4S/c1-13-4-6-14(7-5-13)25(23,24)20-11-9-19(10-12-20)16-15(17(21)22)3-2-8-18-16/h2-8H,9-12H2,1H3,(H,21,22). The number of sulfonamides is 1. The summed E-state index contributed by atoms with van der Waals surface area (Å²) in [5.41, 5.74) is 1.12. The van der Waals surface area contributed by atoms with Crippen molar-refractivity contribution >= 4 is 21.8 Å². The summed E-state index contributed by atoms with van der Waals surface area (Å²) in [6, 6.07) is 9.84. The fourth-order valence-electron chi connectivity index (χ4n) is 2.82. The van der Waals surface area contributed by atoms with Crippen molar-refractivity contribution < 1.29 is 18.3 Å². The lowest BCUT2D eigenvalue weighted by atomic mass is 10.2. The molecule has 25 heavy (non-hydrogen) atoms. The van der Waals surface area contributed by atoms with Gasteiger partial charge < -0.3 is 10.0 Å². The van der Waals surface area contributed by atoms with E-state index < -0.39 is 16.0 Å². The number of carboxylic acid groups (broad SMARTS) is 1. The predicted molar refractivity (Wildman–Crippen MR) is 93.3 cm³/mol. The molecule has 0 bridgehead atoms. The number of hydrogen-bond donors (Lipinski definition) is 1. The van der Waals surface area contributed by atoms with Gasteiger partial charge in [-0.1, -0.05) is 17.7 Å². The van der Waals surface area contributed by atoms with Gasteiger partial charge in [0, 0.05) is 32.4 Å². The molecular weight excluding hydrogens is 342 g/mol. The van der Waals surface area contributed by atoms with Crippen molar-refractivity contribution in [3.8, 4) is 0 Å². The summed E-state index contributed by atoms with van der Waals surface area (Å²) < 4.78 is 26.9. The summed E-state index contributed by atoms with van der Waals surface area (Å²) >= 11 is 0. The molecule has 1 fully saturated rings. The van der Waals surface area contributed by atoms with Crippen LogP contribution in [0.4, 0.5) is 5.82 Å². The van der Waals surface area contributed by atoms with Gasteiger partial charge >= 0.3 is 5.97 Å². The van der Waals surface area contributed by atoms with Crippen molar-refractivity contribution in [3.63, 3.8) is 0 Å². The molecule has 132 valence electrons. The van der Waals surface area contributed by atoms with Crippen LogP contribution in [0.3, 0.4) is 0 Å². The van der Waals surface area contributed by atoms with Crippen LogP contribution in [-0.2, 0) is 10.0 Å². The summed E-state index contributed by atoms with van der Waals surface area (Å²) in [4.78, 5) is 17.6. The second-order valence-electron chi connectivity index (χ2n) is 5.88. The van der Waals surface area contributed by atoms with E-state index in [0.717, 1.165) is 5.56 Å². The van der Waals surface area contributed by atoms with Gasteiger partial charge in [0.25, 0.3) is 0 Å². The maximum Gasteiger partial charge on any atom is 0.339 e. The topological polar surface area (TPSA) is 90.8 Å². The van der Waals surface area contributed by atoms with Crippen LogP contribution in [0.2, 0.25) is 0 Å². The summed E-state index contributed by atoms with van der Waals surface area (Å²) in [5.74, 6) is -0.666. The molecule has 7 nitrogen and oxygen atoms in total. The Morgan fingerprint density at radius 2 is 1.72 bits per heavy atom. The van der Waals surface area contributed by atoms with Crippen LogP contribution in [0, 0.1) is 6.92 Å². The zero-order valence-corrected chi connectivity index (χ0v) is 14.6. The quantitative estimate of drug-likeness (QED) is 0.889. The molecule has 3 rings (SSSR count). The van der Waals surface area contributed by atoms with E-state index in [-0.39, 0.29) is 23.5 Å². The zero-order chi connectivity index (χ0) is 18.0. The van der Waals surface area contributed by atoms with Crippen LogP contribution >= 0.6 is 0 Å². The number of aromatic nitrogens is 1. The maximum absolute atomic E-state index is 12.7. The number of hydrogen-bond acceptors (Lipinski definition) is 5. The van der Waals surface area contributed by atoms with Gasteiger partial charge in [-0.3, -0.25) is 0 Å². The molecule has 1 N–H and O–H groups in total. The molecule has 1 aliphatic heterocycles. The minimum absolute atomic E-state index is 0.123. The Balaban J connectivity index is 1.76. The van der Waals surface area contributed by atoms with Crippen molar-refractivity contribution in [2.24, 2.45) is 0 Å². The summed E-state index contributed by atoms with van der Waals surface area (Å²) in [6.45, 7) is 3.25. The Hall–Kier alpha value is -2.45. The zero-order valence-electron chi connectivity index (χ0n) is 13.8. The van der Waals surface area contributed by atoms with E-state index in [9.17, 15) is 18.3 Å². The summed E-state index contributed by atoms with van der Waals surface area (Å²) in [7, 11) is -3.54. The molecule has 0 saturated carbocycles. The number of nitrogens with zero attached hydrogens (tertiary/aromatic N) is 3. The van der Waals surface area contributed by atoms with Gasteiger partial charge in [0.2, 0.25) is 10.0 Å². The first-order valence-corrected chi connectivity index (χ1v) is 9.33. The SMILES string of the molecule is Cc1ccc(S(=O)(=O)N2CCN(c3ncccc3C(=O)O)CC2)cc1. The molecular formula is C17H19N3O4S. The van der Waals surface area contributed by atoms with Gasteiger partial charge in [-0.15, -0.1) is 0 Å². The molecule has 0 aliphatic carbocycles. The second kappa shape index (κ2) is 6.81. The lowest BCUT2D eigenvalue weighted by Crippen LogP contribution is -2.49. The van der Waals surface area contributed by atoms with Crippen molar-refractivity contribution in [2.45, 2.75) is 11.8 Å². The molecule has 1 aliphatic rings. The normalized spacial score (nSPS) is 16.0. The predicted octanol–water partition coefficient (Wildman–Crippen LogP) is 1.60. The molecule has 2 heterocycles. The molecule has 0 spiro atoms. The lowest BCUT2D eigenvalue weighted by molar-refractivity contribution is 0.0697. The van der Waals surface area contributed by atoms with Crippen LogP contribution in [0.25, 0.3) is 0 Å². The lowest BCUT2D eigenvalue weighted by Gasteiger charge is -2.35. The number of carboxylic acids is 1. The molecule has 0 radical (unpaired) electrons. The van der Waals surface area contributed by atoms with Gasteiger partial charge in [-0.25, -0.2) is 18.2 Å². The average Bonchev–Trinajstić information content (AvgIpc) is 2.62. The number of benzene rings is 1. The maximum atomic E-state index is 12.7. The fourth-order valence-corrected chi connectivity index (χ4v) is 4.24. The number of pyridine rings is 1. The molecule has 0 atom stereocenters. The molecule has 1 aromatic carbocycles. The highest BCUT2D eigenvalue weighted by molar-refractivity contribution is 7.89. The van der Waals surface area contributed by atoms with E-state index in [1.807, 2.05) is 11.8 Å². The van der Waals surface area contributed by atoms with E-state index in [4.69, 9.17) is 0 Å². The van der Waals surface area contributed by atoms with Gasteiger partial charge in [0.1, 0.15) is 11.4 Å². The van der Waals surface area contributed by atoms with E-state index in [0.29, 0.717) is 18.9 Å². The van der Waals surface area contributed by atoms with Crippen LogP contribution in [0.5, 0.6) is 0 Å². The van der Waals surface area contributed by atoms with Crippen LogP contribution < -0.4 is 4.90 Å². The number of anilines is 1. The third-order valence-electron chi connectivity index (χ3n) is 4.21. The Morgan fingerprint density at radius 3 is 2.32 bits per heavy atom. The van der Waals surface area contributed by atoms with Crippen LogP contribution in [0.15, 0.2) is 47.5 Å². The van der Waals surface area contributed by atoms with Crippen molar-refractivity contribution in [1.82, 2.24) is 9.29 Å².